The van der Waals surface area contributed by atoms with Crippen LogP contribution < -0.4 is 10.2 Å². The van der Waals surface area contributed by atoms with Crippen LogP contribution in [0.2, 0.25) is 5.02 Å². The summed E-state index contributed by atoms with van der Waals surface area (Å²) in [5, 5.41) is 16.0. The Hall–Kier alpha value is -2.24. The number of anilines is 1. The Balaban J connectivity index is 1.64. The van der Waals surface area contributed by atoms with E-state index in [1.165, 1.54) is 12.1 Å². The van der Waals surface area contributed by atoms with Crippen LogP contribution in [0.4, 0.5) is 11.4 Å². The number of morpholine rings is 1. The van der Waals surface area contributed by atoms with Crippen LogP contribution in [0.25, 0.3) is 0 Å². The van der Waals surface area contributed by atoms with Crippen LogP contribution in [0.5, 0.6) is 0 Å². The van der Waals surface area contributed by atoms with Gasteiger partial charge in [0.2, 0.25) is 0 Å². The van der Waals surface area contributed by atoms with Crippen molar-refractivity contribution in [2.24, 2.45) is 0 Å². The molecule has 33 heavy (non-hydrogen) atoms. The number of nitro groups is 1. The van der Waals surface area contributed by atoms with E-state index >= 15 is 0 Å². The summed E-state index contributed by atoms with van der Waals surface area (Å²) in [6.45, 7) is 2.95. The molecular formula is C22H26ClN3O6S. The van der Waals surface area contributed by atoms with Gasteiger partial charge in [-0.3, -0.25) is 14.7 Å². The molecule has 178 valence electrons. The Morgan fingerprint density at radius 3 is 2.45 bits per heavy atom. The highest BCUT2D eigenvalue weighted by Crippen LogP contribution is 2.40. The van der Waals surface area contributed by atoms with Crippen molar-refractivity contribution in [1.29, 1.82) is 0 Å². The van der Waals surface area contributed by atoms with Gasteiger partial charge in [0.25, 0.3) is 15.8 Å². The standard InChI is InChI=1S/C22H26ClN3O6S/c23-16-1-3-17(4-2-16)25-10-7-15(8-11-25)19-5-6-21(33(29,30)31)20(22(19)26(27)28)13-18-14-24-9-12-32-18/h1-6,15,18,24H,7-14H2,(H,29,30,31). The third-order valence-electron chi connectivity index (χ3n) is 6.29. The molecule has 0 aliphatic carbocycles. The molecular weight excluding hydrogens is 470 g/mol. The van der Waals surface area contributed by atoms with E-state index in [9.17, 15) is 23.1 Å². The van der Waals surface area contributed by atoms with E-state index in [1.807, 2.05) is 24.3 Å². The molecule has 0 amide bonds. The van der Waals surface area contributed by atoms with Crippen LogP contribution in [0.15, 0.2) is 41.3 Å². The first-order valence-corrected chi connectivity index (χ1v) is 12.7. The van der Waals surface area contributed by atoms with Crippen LogP contribution >= 0.6 is 11.6 Å². The summed E-state index contributed by atoms with van der Waals surface area (Å²) in [4.78, 5) is 13.4. The van der Waals surface area contributed by atoms with E-state index in [1.54, 1.807) is 0 Å². The molecule has 4 rings (SSSR count). The van der Waals surface area contributed by atoms with Crippen LogP contribution in [-0.2, 0) is 21.3 Å². The highest BCUT2D eigenvalue weighted by atomic mass is 35.5. The quantitative estimate of drug-likeness (QED) is 0.355. The van der Waals surface area contributed by atoms with Crippen LogP contribution in [0.1, 0.15) is 29.9 Å². The molecule has 2 N–H and O–H groups in total. The molecule has 0 saturated carbocycles. The predicted octanol–water partition coefficient (Wildman–Crippen LogP) is 3.41. The Labute approximate surface area is 197 Å². The fourth-order valence-electron chi connectivity index (χ4n) is 4.70. The maximum atomic E-state index is 12.2. The molecule has 2 aliphatic heterocycles. The Morgan fingerprint density at radius 1 is 1.18 bits per heavy atom. The molecule has 9 nitrogen and oxygen atoms in total. The number of benzene rings is 2. The lowest BCUT2D eigenvalue weighted by Crippen LogP contribution is -2.40. The van der Waals surface area contributed by atoms with Gasteiger partial charge in [-0.15, -0.1) is 0 Å². The number of hydrogen-bond donors (Lipinski definition) is 2. The Morgan fingerprint density at radius 2 is 1.88 bits per heavy atom. The second-order valence-corrected chi connectivity index (χ2v) is 10.2. The first-order valence-electron chi connectivity index (χ1n) is 10.8. The Kier molecular flexibility index (Phi) is 7.20. The molecule has 2 heterocycles. The van der Waals surface area contributed by atoms with Gasteiger partial charge in [0, 0.05) is 48.9 Å². The fourth-order valence-corrected chi connectivity index (χ4v) is 5.56. The Bertz CT molecular complexity index is 1110. The molecule has 2 fully saturated rings. The van der Waals surface area contributed by atoms with E-state index in [2.05, 4.69) is 10.2 Å². The van der Waals surface area contributed by atoms with E-state index in [4.69, 9.17) is 16.3 Å². The second-order valence-electron chi connectivity index (χ2n) is 8.35. The highest BCUT2D eigenvalue weighted by molar-refractivity contribution is 7.85. The average molecular weight is 496 g/mol. The van der Waals surface area contributed by atoms with Crippen LogP contribution in [0, 0.1) is 10.1 Å². The van der Waals surface area contributed by atoms with Crippen LogP contribution in [-0.4, -0.2) is 56.8 Å². The highest BCUT2D eigenvalue weighted by Gasteiger charge is 2.34. The summed E-state index contributed by atoms with van der Waals surface area (Å²) in [7, 11) is -4.64. The molecule has 2 saturated heterocycles. The second kappa shape index (κ2) is 9.94. The largest absolute Gasteiger partial charge is 0.375 e. The third kappa shape index (κ3) is 5.47. The smallest absolute Gasteiger partial charge is 0.295 e. The minimum atomic E-state index is -4.64. The first kappa shape index (κ1) is 23.9. The summed E-state index contributed by atoms with van der Waals surface area (Å²) in [5.41, 5.74) is 1.32. The molecule has 0 spiro atoms. The van der Waals surface area contributed by atoms with Crippen molar-refractivity contribution in [2.45, 2.75) is 36.2 Å². The number of nitrogens with one attached hydrogen (secondary N) is 1. The monoisotopic (exact) mass is 495 g/mol. The van der Waals surface area contributed by atoms with Crippen molar-refractivity contribution in [2.75, 3.05) is 37.7 Å². The maximum Gasteiger partial charge on any atom is 0.295 e. The zero-order valence-corrected chi connectivity index (χ0v) is 19.5. The molecule has 2 aromatic rings. The van der Waals surface area contributed by atoms with Crippen molar-refractivity contribution in [3.63, 3.8) is 0 Å². The third-order valence-corrected chi connectivity index (χ3v) is 7.48. The van der Waals surface area contributed by atoms with Gasteiger partial charge >= 0.3 is 0 Å². The normalized spacial score (nSPS) is 20.1. The van der Waals surface area contributed by atoms with Crippen molar-refractivity contribution in [1.82, 2.24) is 5.32 Å². The SMILES string of the molecule is O=[N+]([O-])c1c(C2CCN(c3ccc(Cl)cc3)CC2)ccc(S(=O)(=O)O)c1CC1CNCCO1. The number of nitro benzene ring substituents is 1. The van der Waals surface area contributed by atoms with Gasteiger partial charge in [0.1, 0.15) is 4.90 Å². The summed E-state index contributed by atoms with van der Waals surface area (Å²) in [6, 6.07) is 10.3. The maximum absolute atomic E-state index is 12.2. The number of hydrogen-bond acceptors (Lipinski definition) is 7. The fraction of sp³-hybridized carbons (Fsp3) is 0.455. The molecule has 2 aromatic carbocycles. The molecule has 1 unspecified atom stereocenters. The number of piperidine rings is 1. The summed E-state index contributed by atoms with van der Waals surface area (Å²) in [6.07, 6.45) is 0.959. The number of rotatable bonds is 6. The van der Waals surface area contributed by atoms with Gasteiger partial charge in [-0.05, 0) is 49.1 Å². The number of halogens is 1. The van der Waals surface area contributed by atoms with Crippen molar-refractivity contribution >= 4 is 33.1 Å². The molecule has 0 bridgehead atoms. The van der Waals surface area contributed by atoms with E-state index in [-0.39, 0.29) is 23.6 Å². The minimum absolute atomic E-state index is 0.00818. The minimum Gasteiger partial charge on any atom is -0.375 e. The zero-order valence-electron chi connectivity index (χ0n) is 17.9. The van der Waals surface area contributed by atoms with Gasteiger partial charge < -0.3 is 15.0 Å². The van der Waals surface area contributed by atoms with E-state index in [0.717, 1.165) is 5.69 Å². The van der Waals surface area contributed by atoms with Crippen molar-refractivity contribution in [3.05, 3.63) is 62.7 Å². The first-order chi connectivity index (χ1) is 15.7. The number of nitrogens with zero attached hydrogens (tertiary/aromatic N) is 2. The molecule has 2 aliphatic rings. The lowest BCUT2D eigenvalue weighted by Gasteiger charge is -2.34. The van der Waals surface area contributed by atoms with Crippen molar-refractivity contribution in [3.8, 4) is 0 Å². The van der Waals surface area contributed by atoms with Crippen molar-refractivity contribution < 1.29 is 22.6 Å². The summed E-state index contributed by atoms with van der Waals surface area (Å²) >= 11 is 5.97. The van der Waals surface area contributed by atoms with E-state index < -0.39 is 26.0 Å². The van der Waals surface area contributed by atoms with Gasteiger partial charge in [0.05, 0.1) is 23.2 Å². The summed E-state index contributed by atoms with van der Waals surface area (Å²) in [5.74, 6) is -0.103. The molecule has 11 heteroatoms. The molecule has 0 aromatic heterocycles. The van der Waals surface area contributed by atoms with E-state index in [0.29, 0.717) is 56.2 Å². The number of ether oxygens (including phenoxy) is 1. The zero-order chi connectivity index (χ0) is 23.6. The molecule has 0 radical (unpaired) electrons. The lowest BCUT2D eigenvalue weighted by molar-refractivity contribution is -0.386. The van der Waals surface area contributed by atoms with Gasteiger partial charge in [-0.25, -0.2) is 0 Å². The molecule has 1 atom stereocenters. The predicted molar refractivity (Wildman–Crippen MR) is 125 cm³/mol. The lowest BCUT2D eigenvalue weighted by atomic mass is 9.86. The van der Waals surface area contributed by atoms with Gasteiger partial charge in [-0.1, -0.05) is 17.7 Å². The van der Waals surface area contributed by atoms with Crippen LogP contribution in [0.3, 0.4) is 0 Å². The average Bonchev–Trinajstić information content (AvgIpc) is 2.79. The van der Waals surface area contributed by atoms with Gasteiger partial charge in [0.15, 0.2) is 0 Å². The topological polar surface area (TPSA) is 122 Å². The summed E-state index contributed by atoms with van der Waals surface area (Å²) < 4.78 is 39.5. The van der Waals surface area contributed by atoms with Gasteiger partial charge in [-0.2, -0.15) is 8.42 Å².